The third kappa shape index (κ3) is 1.87. The van der Waals surface area contributed by atoms with E-state index in [-0.39, 0.29) is 17.4 Å². The van der Waals surface area contributed by atoms with Gasteiger partial charge in [-0.25, -0.2) is 4.79 Å². The van der Waals surface area contributed by atoms with E-state index in [1.165, 1.54) is 12.1 Å². The second-order valence-electron chi connectivity index (χ2n) is 4.75. The van der Waals surface area contributed by atoms with Crippen molar-refractivity contribution in [2.45, 2.75) is 13.3 Å². The summed E-state index contributed by atoms with van der Waals surface area (Å²) in [5.41, 5.74) is 3.19. The van der Waals surface area contributed by atoms with Gasteiger partial charge in [-0.15, -0.1) is 0 Å². The lowest BCUT2D eigenvalue weighted by molar-refractivity contribution is 0.0660. The highest BCUT2D eigenvalue weighted by Crippen LogP contribution is 2.31. The molecule has 0 bridgehead atoms. The molecule has 0 atom stereocenters. The Bertz CT molecular complexity index is 702. The highest BCUT2D eigenvalue weighted by Gasteiger charge is 2.28. The van der Waals surface area contributed by atoms with Crippen molar-refractivity contribution < 1.29 is 19.1 Å². The number of carboxylic acid groups (broad SMARTS) is 1. The minimum absolute atomic E-state index is 0.0526. The number of fused-ring (bicyclic) bond motifs is 1. The van der Waals surface area contributed by atoms with Crippen LogP contribution in [-0.2, 0) is 6.42 Å². The monoisotopic (exact) mass is 271 g/mol. The number of hydrogen-bond donors (Lipinski definition) is 1. The van der Waals surface area contributed by atoms with E-state index in [0.29, 0.717) is 6.54 Å². The van der Waals surface area contributed by atoms with Gasteiger partial charge in [0.05, 0.1) is 0 Å². The first-order valence-corrected chi connectivity index (χ1v) is 6.31. The predicted octanol–water partition coefficient (Wildman–Crippen LogP) is 2.49. The van der Waals surface area contributed by atoms with Crippen LogP contribution in [0.3, 0.4) is 0 Å². The number of rotatable bonds is 2. The molecular weight excluding hydrogens is 258 g/mol. The molecule has 1 aliphatic rings. The molecule has 0 unspecified atom stereocenters. The van der Waals surface area contributed by atoms with E-state index in [2.05, 4.69) is 0 Å². The zero-order chi connectivity index (χ0) is 14.3. The van der Waals surface area contributed by atoms with Crippen LogP contribution in [0.25, 0.3) is 0 Å². The first-order chi connectivity index (χ1) is 9.58. The van der Waals surface area contributed by atoms with Crippen LogP contribution in [0.1, 0.15) is 32.2 Å². The van der Waals surface area contributed by atoms with Gasteiger partial charge in [0, 0.05) is 12.2 Å². The Balaban J connectivity index is 1.93. The Kier molecular flexibility index (Phi) is 2.82. The van der Waals surface area contributed by atoms with Gasteiger partial charge in [-0.2, -0.15) is 0 Å². The molecule has 3 rings (SSSR count). The van der Waals surface area contributed by atoms with Crippen molar-refractivity contribution in [3.8, 4) is 0 Å². The number of aromatic carboxylic acids is 1. The molecule has 5 nitrogen and oxygen atoms in total. The van der Waals surface area contributed by atoms with Gasteiger partial charge in [0.2, 0.25) is 5.76 Å². The number of amides is 1. The molecule has 1 aromatic carbocycles. The summed E-state index contributed by atoms with van der Waals surface area (Å²) in [5.74, 6) is -1.66. The second kappa shape index (κ2) is 4.52. The number of nitrogens with zero attached hydrogens (tertiary/aromatic N) is 1. The lowest BCUT2D eigenvalue weighted by Gasteiger charge is -2.16. The zero-order valence-electron chi connectivity index (χ0n) is 10.9. The summed E-state index contributed by atoms with van der Waals surface area (Å²) in [5, 5.41) is 8.82. The number of carbonyl (C=O) groups is 2. The van der Waals surface area contributed by atoms with E-state index < -0.39 is 5.97 Å². The van der Waals surface area contributed by atoms with Crippen LogP contribution >= 0.6 is 0 Å². The molecule has 0 spiro atoms. The first kappa shape index (κ1) is 12.5. The molecule has 5 heteroatoms. The predicted molar refractivity (Wildman–Crippen MR) is 72.2 cm³/mol. The molecule has 0 saturated carbocycles. The van der Waals surface area contributed by atoms with E-state index in [1.807, 2.05) is 25.1 Å². The second-order valence-corrected chi connectivity index (χ2v) is 4.75. The summed E-state index contributed by atoms with van der Waals surface area (Å²) < 4.78 is 5.07. The Labute approximate surface area is 115 Å². The van der Waals surface area contributed by atoms with E-state index in [0.717, 1.165) is 23.2 Å². The molecule has 20 heavy (non-hydrogen) atoms. The van der Waals surface area contributed by atoms with Crippen molar-refractivity contribution in [2.24, 2.45) is 0 Å². The Morgan fingerprint density at radius 1 is 1.20 bits per heavy atom. The lowest BCUT2D eigenvalue weighted by Crippen LogP contribution is -2.28. The highest BCUT2D eigenvalue weighted by molar-refractivity contribution is 6.06. The molecule has 1 aromatic heterocycles. The van der Waals surface area contributed by atoms with Gasteiger partial charge in [0.1, 0.15) is 0 Å². The molecule has 1 aliphatic heterocycles. The molecule has 1 amide bonds. The van der Waals surface area contributed by atoms with Crippen molar-refractivity contribution in [3.63, 3.8) is 0 Å². The number of hydrogen-bond acceptors (Lipinski definition) is 3. The van der Waals surface area contributed by atoms with Gasteiger partial charge in [-0.05, 0) is 42.7 Å². The molecule has 1 N–H and O–H groups in total. The van der Waals surface area contributed by atoms with E-state index in [9.17, 15) is 9.59 Å². The van der Waals surface area contributed by atoms with Crippen LogP contribution in [0.4, 0.5) is 5.69 Å². The summed E-state index contributed by atoms with van der Waals surface area (Å²) in [4.78, 5) is 24.8. The summed E-state index contributed by atoms with van der Waals surface area (Å²) in [6.45, 7) is 2.60. The van der Waals surface area contributed by atoms with Crippen molar-refractivity contribution in [1.82, 2.24) is 0 Å². The SMILES string of the molecule is Cc1cccc2c1CCN2C(=O)c1ccc(C(=O)O)o1. The Hall–Kier alpha value is -2.56. The quantitative estimate of drug-likeness (QED) is 0.911. The van der Waals surface area contributed by atoms with Gasteiger partial charge in [-0.1, -0.05) is 12.1 Å². The number of anilines is 1. The average molecular weight is 271 g/mol. The molecular formula is C15H13NO4. The molecule has 2 aromatic rings. The van der Waals surface area contributed by atoms with Crippen molar-refractivity contribution in [2.75, 3.05) is 11.4 Å². The fraction of sp³-hybridized carbons (Fsp3) is 0.200. The summed E-state index contributed by atoms with van der Waals surface area (Å²) >= 11 is 0. The van der Waals surface area contributed by atoms with Gasteiger partial charge in [0.25, 0.3) is 5.91 Å². The van der Waals surface area contributed by atoms with E-state index in [1.54, 1.807) is 4.90 Å². The fourth-order valence-electron chi connectivity index (χ4n) is 2.52. The minimum Gasteiger partial charge on any atom is -0.475 e. The van der Waals surface area contributed by atoms with Crippen LogP contribution in [-0.4, -0.2) is 23.5 Å². The number of aryl methyl sites for hydroxylation is 1. The Morgan fingerprint density at radius 3 is 2.65 bits per heavy atom. The lowest BCUT2D eigenvalue weighted by atomic mass is 10.1. The standard InChI is InChI=1S/C15H13NO4/c1-9-3-2-4-11-10(9)7-8-16(11)14(17)12-5-6-13(20-12)15(18)19/h2-6H,7-8H2,1H3,(H,18,19). The number of furan rings is 1. The maximum Gasteiger partial charge on any atom is 0.371 e. The van der Waals surface area contributed by atoms with Crippen LogP contribution in [0.2, 0.25) is 0 Å². The molecule has 2 heterocycles. The number of carboxylic acids is 1. The van der Waals surface area contributed by atoms with E-state index in [4.69, 9.17) is 9.52 Å². The number of benzene rings is 1. The normalized spacial score (nSPS) is 13.3. The maximum absolute atomic E-state index is 12.4. The fourth-order valence-corrected chi connectivity index (χ4v) is 2.52. The van der Waals surface area contributed by atoms with E-state index >= 15 is 0 Å². The molecule has 102 valence electrons. The van der Waals surface area contributed by atoms with Crippen LogP contribution in [0.5, 0.6) is 0 Å². The van der Waals surface area contributed by atoms with Crippen LogP contribution in [0, 0.1) is 6.92 Å². The summed E-state index contributed by atoms with van der Waals surface area (Å²) in [6, 6.07) is 8.52. The van der Waals surface area contributed by atoms with Crippen molar-refractivity contribution >= 4 is 17.6 Å². The molecule has 0 saturated heterocycles. The van der Waals surface area contributed by atoms with Gasteiger partial charge in [-0.3, -0.25) is 4.79 Å². The third-order valence-electron chi connectivity index (χ3n) is 3.53. The van der Waals surface area contributed by atoms with Crippen LogP contribution in [0.15, 0.2) is 34.7 Å². The minimum atomic E-state index is -1.18. The molecule has 0 fully saturated rings. The largest absolute Gasteiger partial charge is 0.475 e. The van der Waals surface area contributed by atoms with Crippen molar-refractivity contribution in [3.05, 3.63) is 53.0 Å². The molecule has 0 radical (unpaired) electrons. The topological polar surface area (TPSA) is 70.8 Å². The van der Waals surface area contributed by atoms with Crippen molar-refractivity contribution in [1.29, 1.82) is 0 Å². The highest BCUT2D eigenvalue weighted by atomic mass is 16.4. The maximum atomic E-state index is 12.4. The van der Waals surface area contributed by atoms with Gasteiger partial charge >= 0.3 is 5.97 Å². The van der Waals surface area contributed by atoms with Gasteiger partial charge < -0.3 is 14.4 Å². The smallest absolute Gasteiger partial charge is 0.371 e. The summed E-state index contributed by atoms with van der Waals surface area (Å²) in [7, 11) is 0. The summed E-state index contributed by atoms with van der Waals surface area (Å²) in [6.07, 6.45) is 0.806. The van der Waals surface area contributed by atoms with Crippen LogP contribution < -0.4 is 4.90 Å². The third-order valence-corrected chi connectivity index (χ3v) is 3.53. The number of carbonyl (C=O) groups excluding carboxylic acids is 1. The zero-order valence-corrected chi connectivity index (χ0v) is 10.9. The van der Waals surface area contributed by atoms with Gasteiger partial charge in [0.15, 0.2) is 5.76 Å². The Morgan fingerprint density at radius 2 is 1.95 bits per heavy atom. The molecule has 0 aliphatic carbocycles. The first-order valence-electron chi connectivity index (χ1n) is 6.31. The average Bonchev–Trinajstić information content (AvgIpc) is 3.05.